The second-order valence-electron chi connectivity index (χ2n) is 5.31. The van der Waals surface area contributed by atoms with Gasteiger partial charge >= 0.3 is 5.97 Å². The molecule has 2 aliphatic rings. The van der Waals surface area contributed by atoms with E-state index >= 15 is 0 Å². The van der Waals surface area contributed by atoms with Gasteiger partial charge in [0, 0.05) is 18.2 Å². The number of hydrogen-bond donors (Lipinski definition) is 1. The number of hydrogen-bond acceptors (Lipinski definition) is 5. The van der Waals surface area contributed by atoms with Gasteiger partial charge in [0.1, 0.15) is 0 Å². The predicted molar refractivity (Wildman–Crippen MR) is 80.5 cm³/mol. The van der Waals surface area contributed by atoms with Crippen molar-refractivity contribution in [3.05, 3.63) is 53.6 Å². The summed E-state index contributed by atoms with van der Waals surface area (Å²) in [7, 11) is 0. The molecule has 0 bridgehead atoms. The fourth-order valence-electron chi connectivity index (χ4n) is 2.67. The number of esters is 1. The molecule has 1 N–H and O–H groups in total. The van der Waals surface area contributed by atoms with E-state index in [1.54, 1.807) is 30.3 Å². The first-order valence-electron chi connectivity index (χ1n) is 7.20. The van der Waals surface area contributed by atoms with Gasteiger partial charge in [0.05, 0.1) is 5.56 Å². The Morgan fingerprint density at radius 1 is 1.09 bits per heavy atom. The van der Waals surface area contributed by atoms with Crippen LogP contribution in [0.5, 0.6) is 11.5 Å². The van der Waals surface area contributed by atoms with Crippen LogP contribution in [0.25, 0.3) is 0 Å². The third kappa shape index (κ3) is 2.48. The second kappa shape index (κ2) is 5.31. The average Bonchev–Trinajstić information content (AvgIpc) is 3.02. The van der Waals surface area contributed by atoms with Gasteiger partial charge in [0.25, 0.3) is 5.91 Å². The molecule has 0 saturated heterocycles. The standard InChI is InChI=1S/C17H13NO5/c19-16(18-11-5-6-13-14(8-11)22-9-21-13)15-7-10-3-1-2-4-12(10)17(20)23-15/h1-6,8,15H,7,9H2,(H,18,19). The van der Waals surface area contributed by atoms with E-state index < -0.39 is 12.1 Å². The molecular weight excluding hydrogens is 298 g/mol. The highest BCUT2D eigenvalue weighted by Crippen LogP contribution is 2.34. The van der Waals surface area contributed by atoms with E-state index in [0.717, 1.165) is 5.56 Å². The minimum atomic E-state index is -0.845. The molecule has 1 unspecified atom stereocenters. The number of amides is 1. The first kappa shape index (κ1) is 13.6. The Labute approximate surface area is 132 Å². The number of nitrogens with one attached hydrogen (secondary N) is 1. The molecular formula is C17H13NO5. The van der Waals surface area contributed by atoms with Gasteiger partial charge in [-0.2, -0.15) is 0 Å². The Balaban J connectivity index is 1.51. The summed E-state index contributed by atoms with van der Waals surface area (Å²) in [4.78, 5) is 24.3. The molecule has 0 spiro atoms. The summed E-state index contributed by atoms with van der Waals surface area (Å²) in [6, 6.07) is 12.3. The molecule has 0 fully saturated rings. The van der Waals surface area contributed by atoms with Gasteiger partial charge in [-0.3, -0.25) is 4.79 Å². The Kier molecular flexibility index (Phi) is 3.15. The molecule has 2 aromatic rings. The molecule has 6 nitrogen and oxygen atoms in total. The van der Waals surface area contributed by atoms with E-state index in [1.807, 2.05) is 12.1 Å². The lowest BCUT2D eigenvalue weighted by atomic mass is 9.98. The summed E-state index contributed by atoms with van der Waals surface area (Å²) in [6.07, 6.45) is -0.485. The Hall–Kier alpha value is -3.02. The van der Waals surface area contributed by atoms with Crippen molar-refractivity contribution in [1.82, 2.24) is 0 Å². The monoisotopic (exact) mass is 311 g/mol. The molecule has 2 aliphatic heterocycles. The molecule has 2 aromatic carbocycles. The third-order valence-corrected chi connectivity index (χ3v) is 3.82. The maximum atomic E-state index is 12.4. The minimum absolute atomic E-state index is 0.170. The largest absolute Gasteiger partial charge is 0.454 e. The third-order valence-electron chi connectivity index (χ3n) is 3.82. The number of ether oxygens (including phenoxy) is 3. The van der Waals surface area contributed by atoms with Crippen molar-refractivity contribution in [3.8, 4) is 11.5 Å². The van der Waals surface area contributed by atoms with Crippen molar-refractivity contribution in [2.75, 3.05) is 12.1 Å². The smallest absolute Gasteiger partial charge is 0.339 e. The van der Waals surface area contributed by atoms with E-state index in [9.17, 15) is 9.59 Å². The van der Waals surface area contributed by atoms with Crippen molar-refractivity contribution in [2.45, 2.75) is 12.5 Å². The Morgan fingerprint density at radius 3 is 2.83 bits per heavy atom. The predicted octanol–water partition coefficient (Wildman–Crippen LogP) is 2.14. The van der Waals surface area contributed by atoms with Crippen LogP contribution in [-0.2, 0) is 16.0 Å². The average molecular weight is 311 g/mol. The number of cyclic esters (lactones) is 1. The van der Waals surface area contributed by atoms with Crippen molar-refractivity contribution in [2.24, 2.45) is 0 Å². The summed E-state index contributed by atoms with van der Waals surface area (Å²) in [5.41, 5.74) is 1.89. The van der Waals surface area contributed by atoms with Crippen LogP contribution in [0.2, 0.25) is 0 Å². The minimum Gasteiger partial charge on any atom is -0.454 e. The van der Waals surface area contributed by atoms with Crippen molar-refractivity contribution in [3.63, 3.8) is 0 Å². The van der Waals surface area contributed by atoms with Gasteiger partial charge in [0.2, 0.25) is 6.79 Å². The lowest BCUT2D eigenvalue weighted by Crippen LogP contribution is -2.37. The van der Waals surface area contributed by atoms with Crippen LogP contribution in [-0.4, -0.2) is 24.8 Å². The van der Waals surface area contributed by atoms with Gasteiger partial charge in [0.15, 0.2) is 17.6 Å². The summed E-state index contributed by atoms with van der Waals surface area (Å²) in [5.74, 6) is 0.374. The van der Waals surface area contributed by atoms with Crippen LogP contribution in [0.4, 0.5) is 5.69 Å². The van der Waals surface area contributed by atoms with Crippen LogP contribution < -0.4 is 14.8 Å². The van der Waals surface area contributed by atoms with E-state index in [0.29, 0.717) is 29.2 Å². The molecule has 0 saturated carbocycles. The molecule has 116 valence electrons. The number of anilines is 1. The topological polar surface area (TPSA) is 73.9 Å². The molecule has 4 rings (SSSR count). The molecule has 1 amide bonds. The number of carbonyl (C=O) groups is 2. The van der Waals surface area contributed by atoms with Gasteiger partial charge < -0.3 is 19.5 Å². The summed E-state index contributed by atoms with van der Waals surface area (Å²) in [6.45, 7) is 0.170. The van der Waals surface area contributed by atoms with Crippen LogP contribution in [0.3, 0.4) is 0 Å². The highest BCUT2D eigenvalue weighted by Gasteiger charge is 2.31. The summed E-state index contributed by atoms with van der Waals surface area (Å²) in [5, 5.41) is 2.74. The number of benzene rings is 2. The highest BCUT2D eigenvalue weighted by atomic mass is 16.7. The van der Waals surface area contributed by atoms with Crippen molar-refractivity contribution < 1.29 is 23.8 Å². The highest BCUT2D eigenvalue weighted by molar-refractivity contribution is 6.00. The molecule has 2 heterocycles. The zero-order valence-electron chi connectivity index (χ0n) is 12.1. The lowest BCUT2D eigenvalue weighted by Gasteiger charge is -2.23. The summed E-state index contributed by atoms with van der Waals surface area (Å²) < 4.78 is 15.7. The van der Waals surface area contributed by atoms with Gasteiger partial charge in [-0.1, -0.05) is 18.2 Å². The maximum Gasteiger partial charge on any atom is 0.339 e. The fraction of sp³-hybridized carbons (Fsp3) is 0.176. The first-order chi connectivity index (χ1) is 11.2. The number of rotatable bonds is 2. The summed E-state index contributed by atoms with van der Waals surface area (Å²) >= 11 is 0. The quantitative estimate of drug-likeness (QED) is 0.860. The van der Waals surface area contributed by atoms with E-state index in [4.69, 9.17) is 14.2 Å². The zero-order chi connectivity index (χ0) is 15.8. The Morgan fingerprint density at radius 2 is 1.91 bits per heavy atom. The molecule has 0 radical (unpaired) electrons. The second-order valence-corrected chi connectivity index (χ2v) is 5.31. The van der Waals surface area contributed by atoms with Crippen LogP contribution in [0.1, 0.15) is 15.9 Å². The maximum absolute atomic E-state index is 12.4. The van der Waals surface area contributed by atoms with Crippen LogP contribution >= 0.6 is 0 Å². The molecule has 23 heavy (non-hydrogen) atoms. The first-order valence-corrected chi connectivity index (χ1v) is 7.20. The van der Waals surface area contributed by atoms with Crippen LogP contribution in [0.15, 0.2) is 42.5 Å². The van der Waals surface area contributed by atoms with E-state index in [2.05, 4.69) is 5.32 Å². The molecule has 6 heteroatoms. The van der Waals surface area contributed by atoms with Gasteiger partial charge in [-0.25, -0.2) is 4.79 Å². The normalized spacial score (nSPS) is 18.1. The van der Waals surface area contributed by atoms with Crippen LogP contribution in [0, 0.1) is 0 Å². The number of carbonyl (C=O) groups excluding carboxylic acids is 2. The van der Waals surface area contributed by atoms with Crippen molar-refractivity contribution in [1.29, 1.82) is 0 Å². The molecule has 0 aromatic heterocycles. The zero-order valence-corrected chi connectivity index (χ0v) is 12.1. The van der Waals surface area contributed by atoms with Gasteiger partial charge in [-0.05, 0) is 23.8 Å². The van der Waals surface area contributed by atoms with Gasteiger partial charge in [-0.15, -0.1) is 0 Å². The lowest BCUT2D eigenvalue weighted by molar-refractivity contribution is -0.125. The molecule has 0 aliphatic carbocycles. The SMILES string of the molecule is O=C1OC(C(=O)Nc2ccc3c(c2)OCO3)Cc2ccccc21. The Bertz CT molecular complexity index is 801. The van der Waals surface area contributed by atoms with E-state index in [-0.39, 0.29) is 12.7 Å². The number of fused-ring (bicyclic) bond motifs is 2. The molecule has 1 atom stereocenters. The van der Waals surface area contributed by atoms with E-state index in [1.165, 1.54) is 0 Å². The fourth-order valence-corrected chi connectivity index (χ4v) is 2.67. The van der Waals surface area contributed by atoms with Crippen molar-refractivity contribution >= 4 is 17.6 Å².